The van der Waals surface area contributed by atoms with Crippen molar-refractivity contribution in [2.75, 3.05) is 6.61 Å². The van der Waals surface area contributed by atoms with Gasteiger partial charge in [0.05, 0.1) is 12.7 Å². The van der Waals surface area contributed by atoms with Crippen LogP contribution in [0.4, 0.5) is 8.78 Å². The van der Waals surface area contributed by atoms with Crippen LogP contribution in [0.25, 0.3) is 0 Å². The van der Waals surface area contributed by atoms with Crippen LogP contribution in [0.15, 0.2) is 12.1 Å². The van der Waals surface area contributed by atoms with Crippen molar-refractivity contribution in [1.29, 1.82) is 0 Å². The Morgan fingerprint density at radius 3 is 2.41 bits per heavy atom. The van der Waals surface area contributed by atoms with Crippen LogP contribution in [0.1, 0.15) is 76.7 Å². The molecule has 1 aromatic carbocycles. The number of benzene rings is 1. The monoisotopic (exact) mass is 382 g/mol. The van der Waals surface area contributed by atoms with E-state index in [1.54, 1.807) is 6.92 Å². The molecule has 3 atom stereocenters. The molecular formula is C22H32F2O3. The highest BCUT2D eigenvalue weighted by molar-refractivity contribution is 5.33. The van der Waals surface area contributed by atoms with Gasteiger partial charge in [-0.05, 0) is 56.1 Å². The molecule has 2 fully saturated rings. The molecule has 3 nitrogen and oxygen atoms in total. The molecule has 1 heterocycles. The van der Waals surface area contributed by atoms with Crippen LogP contribution in [0.5, 0.6) is 5.75 Å². The van der Waals surface area contributed by atoms with Crippen molar-refractivity contribution in [3.63, 3.8) is 0 Å². The Kier molecular flexibility index (Phi) is 7.10. The minimum atomic E-state index is -1.09. The average Bonchev–Trinajstić information content (AvgIpc) is 2.67. The van der Waals surface area contributed by atoms with Gasteiger partial charge in [-0.3, -0.25) is 0 Å². The Bertz CT molecular complexity index is 614. The van der Waals surface area contributed by atoms with Gasteiger partial charge in [0.2, 0.25) is 5.82 Å². The summed E-state index contributed by atoms with van der Waals surface area (Å²) in [7, 11) is 0. The number of halogens is 2. The fourth-order valence-corrected chi connectivity index (χ4v) is 4.84. The Hall–Kier alpha value is -1.20. The van der Waals surface area contributed by atoms with Crippen molar-refractivity contribution in [3.05, 3.63) is 29.3 Å². The van der Waals surface area contributed by atoms with Crippen molar-refractivity contribution in [3.8, 4) is 5.75 Å². The van der Waals surface area contributed by atoms with E-state index < -0.39 is 23.8 Å². The molecular weight excluding hydrogens is 350 g/mol. The van der Waals surface area contributed by atoms with E-state index in [1.807, 2.05) is 0 Å². The lowest BCUT2D eigenvalue weighted by Crippen LogP contribution is -2.39. The first kappa shape index (κ1) is 20.5. The largest absolute Gasteiger partial charge is 0.491 e. The summed E-state index contributed by atoms with van der Waals surface area (Å²) in [5.41, 5.74) is 0.175. The van der Waals surface area contributed by atoms with E-state index in [9.17, 15) is 13.9 Å². The van der Waals surface area contributed by atoms with Gasteiger partial charge in [0, 0.05) is 5.92 Å². The molecule has 152 valence electrons. The maximum Gasteiger partial charge on any atom is 0.200 e. The summed E-state index contributed by atoms with van der Waals surface area (Å²) >= 11 is 0. The van der Waals surface area contributed by atoms with Gasteiger partial charge in [0.15, 0.2) is 17.9 Å². The summed E-state index contributed by atoms with van der Waals surface area (Å²) in [6, 6.07) is 2.95. The fraction of sp³-hybridized carbons (Fsp3) is 0.727. The van der Waals surface area contributed by atoms with Crippen LogP contribution in [0.2, 0.25) is 0 Å². The Morgan fingerprint density at radius 2 is 1.78 bits per heavy atom. The summed E-state index contributed by atoms with van der Waals surface area (Å²) in [5.74, 6) is -1.26. The lowest BCUT2D eigenvalue weighted by molar-refractivity contribution is -0.192. The molecule has 1 unspecified atom stereocenters. The van der Waals surface area contributed by atoms with Gasteiger partial charge in [-0.1, -0.05) is 38.7 Å². The van der Waals surface area contributed by atoms with Crippen molar-refractivity contribution in [2.24, 2.45) is 11.8 Å². The fourth-order valence-electron chi connectivity index (χ4n) is 4.84. The van der Waals surface area contributed by atoms with Crippen LogP contribution in [0.3, 0.4) is 0 Å². The van der Waals surface area contributed by atoms with Gasteiger partial charge in [0.25, 0.3) is 0 Å². The molecule has 2 aliphatic rings. The van der Waals surface area contributed by atoms with Gasteiger partial charge in [-0.25, -0.2) is 4.39 Å². The van der Waals surface area contributed by atoms with Crippen LogP contribution in [-0.4, -0.2) is 24.1 Å². The zero-order valence-electron chi connectivity index (χ0n) is 16.4. The van der Waals surface area contributed by atoms with E-state index in [2.05, 4.69) is 6.92 Å². The lowest BCUT2D eigenvalue weighted by atomic mass is 9.75. The second-order valence-corrected chi connectivity index (χ2v) is 8.03. The third-order valence-corrected chi connectivity index (χ3v) is 6.31. The van der Waals surface area contributed by atoms with E-state index >= 15 is 0 Å². The van der Waals surface area contributed by atoms with Gasteiger partial charge in [0.1, 0.15) is 0 Å². The van der Waals surface area contributed by atoms with Gasteiger partial charge in [-0.2, -0.15) is 4.39 Å². The zero-order chi connectivity index (χ0) is 19.4. The Balaban J connectivity index is 1.62. The maximum absolute atomic E-state index is 14.5. The molecule has 1 aromatic rings. The number of rotatable bonds is 6. The van der Waals surface area contributed by atoms with E-state index in [0.29, 0.717) is 12.3 Å². The highest BCUT2D eigenvalue weighted by Gasteiger charge is 2.37. The minimum absolute atomic E-state index is 0.0226. The summed E-state index contributed by atoms with van der Waals surface area (Å²) < 4.78 is 39.7. The van der Waals surface area contributed by atoms with Crippen molar-refractivity contribution < 1.29 is 23.4 Å². The molecule has 3 rings (SSSR count). The van der Waals surface area contributed by atoms with Crippen LogP contribution < -0.4 is 4.74 Å². The summed E-state index contributed by atoms with van der Waals surface area (Å²) in [4.78, 5) is 0. The maximum atomic E-state index is 14.5. The predicted molar refractivity (Wildman–Crippen MR) is 101 cm³/mol. The second kappa shape index (κ2) is 9.33. The summed E-state index contributed by atoms with van der Waals surface area (Å²) in [6.07, 6.45) is 7.58. The first-order chi connectivity index (χ1) is 13.0. The molecule has 1 saturated heterocycles. The van der Waals surface area contributed by atoms with Crippen molar-refractivity contribution in [2.45, 2.75) is 83.5 Å². The van der Waals surface area contributed by atoms with Gasteiger partial charge >= 0.3 is 0 Å². The quantitative estimate of drug-likeness (QED) is 0.701. The Labute approximate surface area is 161 Å². The molecule has 0 radical (unpaired) electrons. The molecule has 1 aliphatic heterocycles. The van der Waals surface area contributed by atoms with Crippen LogP contribution in [-0.2, 0) is 4.74 Å². The second-order valence-electron chi connectivity index (χ2n) is 8.03. The first-order valence-corrected chi connectivity index (χ1v) is 10.5. The SMILES string of the molecule is CCCC1CCC(C2CC[C@@H](c3ccc(OCC)c(F)c3F)[C@H](O)O2)CC1. The van der Waals surface area contributed by atoms with Crippen LogP contribution in [0, 0.1) is 23.5 Å². The number of hydrogen-bond acceptors (Lipinski definition) is 3. The molecule has 1 saturated carbocycles. The highest BCUT2D eigenvalue weighted by atomic mass is 19.2. The predicted octanol–water partition coefficient (Wildman–Crippen LogP) is 5.55. The number of aliphatic hydroxyl groups is 1. The molecule has 27 heavy (non-hydrogen) atoms. The molecule has 0 spiro atoms. The number of aliphatic hydroxyl groups excluding tert-OH is 1. The molecule has 0 amide bonds. The third-order valence-electron chi connectivity index (χ3n) is 6.31. The average molecular weight is 382 g/mol. The lowest BCUT2D eigenvalue weighted by Gasteiger charge is -2.40. The van der Waals surface area contributed by atoms with Crippen LogP contribution >= 0.6 is 0 Å². The zero-order valence-corrected chi connectivity index (χ0v) is 16.4. The molecule has 0 aromatic heterocycles. The highest BCUT2D eigenvalue weighted by Crippen LogP contribution is 2.42. The van der Waals surface area contributed by atoms with Crippen molar-refractivity contribution in [1.82, 2.24) is 0 Å². The van der Waals surface area contributed by atoms with E-state index in [0.717, 1.165) is 25.2 Å². The standard InChI is InChI=1S/C22H32F2O3/c1-3-5-14-6-8-15(9-7-14)18-12-11-17(22(25)27-18)16-10-13-19(26-4-2)21(24)20(16)23/h10,13-15,17-18,22,25H,3-9,11-12H2,1-2H3/t14?,15?,17-,18?,22+/m0/s1. The minimum Gasteiger partial charge on any atom is -0.491 e. The van der Waals surface area contributed by atoms with Gasteiger partial charge in [-0.15, -0.1) is 0 Å². The van der Waals surface area contributed by atoms with Crippen molar-refractivity contribution >= 4 is 0 Å². The van der Waals surface area contributed by atoms with E-state index in [4.69, 9.17) is 9.47 Å². The molecule has 5 heteroatoms. The van der Waals surface area contributed by atoms with E-state index in [-0.39, 0.29) is 24.0 Å². The molecule has 1 aliphatic carbocycles. The molecule has 1 N–H and O–H groups in total. The van der Waals surface area contributed by atoms with Gasteiger partial charge < -0.3 is 14.6 Å². The summed E-state index contributed by atoms with van der Waals surface area (Å²) in [5, 5.41) is 10.5. The molecule has 0 bridgehead atoms. The topological polar surface area (TPSA) is 38.7 Å². The Morgan fingerprint density at radius 1 is 1.04 bits per heavy atom. The first-order valence-electron chi connectivity index (χ1n) is 10.5. The van der Waals surface area contributed by atoms with E-state index in [1.165, 1.54) is 37.8 Å². The normalized spacial score (nSPS) is 31.7. The summed E-state index contributed by atoms with van der Waals surface area (Å²) in [6.45, 7) is 4.22. The number of hydrogen-bond donors (Lipinski definition) is 1. The smallest absolute Gasteiger partial charge is 0.200 e. The number of ether oxygens (including phenoxy) is 2. The third kappa shape index (κ3) is 4.62.